The van der Waals surface area contributed by atoms with E-state index in [1.165, 1.54) is 32.1 Å². The highest BCUT2D eigenvalue weighted by Crippen LogP contribution is 2.17. The van der Waals surface area contributed by atoms with Crippen LogP contribution in [0.3, 0.4) is 0 Å². The molecule has 3 N–H and O–H groups in total. The second-order valence-electron chi connectivity index (χ2n) is 7.31. The molecular weight excluding hydrogens is 328 g/mol. The molecule has 0 radical (unpaired) electrons. The Labute approximate surface area is 155 Å². The topological polar surface area (TPSA) is 73.5 Å². The number of hydrogen-bond donors (Lipinski definition) is 3. The van der Waals surface area contributed by atoms with Crippen molar-refractivity contribution in [3.05, 3.63) is 29.8 Å². The van der Waals surface area contributed by atoms with Gasteiger partial charge in [0, 0.05) is 31.4 Å². The van der Waals surface area contributed by atoms with Crippen LogP contribution in [0.2, 0.25) is 0 Å². The highest BCUT2D eigenvalue weighted by atomic mass is 16.2. The quantitative estimate of drug-likeness (QED) is 0.774. The van der Waals surface area contributed by atoms with E-state index in [0.717, 1.165) is 30.6 Å². The van der Waals surface area contributed by atoms with Gasteiger partial charge in [0.1, 0.15) is 0 Å². The molecule has 2 aliphatic rings. The number of carbonyl (C=O) groups is 2. The van der Waals surface area contributed by atoms with E-state index in [2.05, 4.69) is 20.9 Å². The van der Waals surface area contributed by atoms with E-state index in [9.17, 15) is 9.59 Å². The lowest BCUT2D eigenvalue weighted by molar-refractivity contribution is -0.120. The summed E-state index contributed by atoms with van der Waals surface area (Å²) in [5, 5.41) is 8.91. The van der Waals surface area contributed by atoms with Gasteiger partial charge in [-0.2, -0.15) is 0 Å². The van der Waals surface area contributed by atoms with Crippen molar-refractivity contribution in [1.29, 1.82) is 0 Å². The van der Waals surface area contributed by atoms with Crippen molar-refractivity contribution >= 4 is 17.6 Å². The fourth-order valence-electron chi connectivity index (χ4n) is 3.70. The Morgan fingerprint density at radius 2 is 1.77 bits per heavy atom. The molecule has 1 aliphatic carbocycles. The SMILES string of the molecule is O=C1CN(c2ccc(CNC(=O)NC3CCCCCCC3)cc2)CCN1. The average molecular weight is 358 g/mol. The maximum absolute atomic E-state index is 12.2. The number of urea groups is 1. The predicted octanol–water partition coefficient (Wildman–Crippen LogP) is 2.53. The second-order valence-corrected chi connectivity index (χ2v) is 7.31. The summed E-state index contributed by atoms with van der Waals surface area (Å²) in [7, 11) is 0. The number of benzene rings is 1. The van der Waals surface area contributed by atoms with Gasteiger partial charge in [-0.3, -0.25) is 4.79 Å². The van der Waals surface area contributed by atoms with E-state index in [-0.39, 0.29) is 11.9 Å². The molecule has 3 rings (SSSR count). The molecule has 6 nitrogen and oxygen atoms in total. The Morgan fingerprint density at radius 3 is 2.46 bits per heavy atom. The first kappa shape index (κ1) is 18.5. The van der Waals surface area contributed by atoms with Gasteiger partial charge in [0.05, 0.1) is 6.54 Å². The van der Waals surface area contributed by atoms with Gasteiger partial charge in [-0.25, -0.2) is 4.79 Å². The summed E-state index contributed by atoms with van der Waals surface area (Å²) in [6.07, 6.45) is 8.49. The maximum atomic E-state index is 12.2. The molecule has 0 aromatic heterocycles. The van der Waals surface area contributed by atoms with E-state index in [1.54, 1.807) is 0 Å². The number of rotatable bonds is 4. The molecule has 0 unspecified atom stereocenters. The minimum absolute atomic E-state index is 0.0629. The van der Waals surface area contributed by atoms with Crippen molar-refractivity contribution in [1.82, 2.24) is 16.0 Å². The molecule has 3 amide bonds. The number of carbonyl (C=O) groups excluding carboxylic acids is 2. The molecular formula is C20H30N4O2. The summed E-state index contributed by atoms with van der Waals surface area (Å²) in [4.78, 5) is 25.7. The van der Waals surface area contributed by atoms with Crippen molar-refractivity contribution in [2.75, 3.05) is 24.5 Å². The van der Waals surface area contributed by atoms with Crippen LogP contribution in [0.15, 0.2) is 24.3 Å². The van der Waals surface area contributed by atoms with Crippen LogP contribution in [-0.4, -0.2) is 37.6 Å². The maximum Gasteiger partial charge on any atom is 0.315 e. The molecule has 26 heavy (non-hydrogen) atoms. The Morgan fingerprint density at radius 1 is 1.08 bits per heavy atom. The number of hydrogen-bond acceptors (Lipinski definition) is 3. The minimum atomic E-state index is -0.0765. The Kier molecular flexibility index (Phi) is 6.75. The highest BCUT2D eigenvalue weighted by molar-refractivity contribution is 5.82. The first-order valence-corrected chi connectivity index (χ1v) is 9.86. The largest absolute Gasteiger partial charge is 0.360 e. The van der Waals surface area contributed by atoms with Crippen LogP contribution >= 0.6 is 0 Å². The normalized spacial score (nSPS) is 19.2. The molecule has 0 spiro atoms. The van der Waals surface area contributed by atoms with Gasteiger partial charge in [-0.15, -0.1) is 0 Å². The zero-order valence-electron chi connectivity index (χ0n) is 15.4. The molecule has 0 atom stereocenters. The summed E-state index contributed by atoms with van der Waals surface area (Å²) in [5.74, 6) is 0.0629. The number of amides is 3. The van der Waals surface area contributed by atoms with Gasteiger partial charge in [0.25, 0.3) is 0 Å². The Hall–Kier alpha value is -2.24. The smallest absolute Gasteiger partial charge is 0.315 e. The van der Waals surface area contributed by atoms with Gasteiger partial charge >= 0.3 is 6.03 Å². The fourth-order valence-corrected chi connectivity index (χ4v) is 3.70. The van der Waals surface area contributed by atoms with Gasteiger partial charge in [-0.1, -0.05) is 44.2 Å². The van der Waals surface area contributed by atoms with Crippen molar-refractivity contribution in [3.63, 3.8) is 0 Å². The molecule has 1 aliphatic heterocycles. The molecule has 1 saturated heterocycles. The van der Waals surface area contributed by atoms with Gasteiger partial charge in [0.2, 0.25) is 5.91 Å². The van der Waals surface area contributed by atoms with Gasteiger partial charge in [-0.05, 0) is 30.5 Å². The first-order valence-electron chi connectivity index (χ1n) is 9.86. The number of anilines is 1. The molecule has 2 fully saturated rings. The Bertz CT molecular complexity index is 594. The molecule has 142 valence electrons. The predicted molar refractivity (Wildman–Crippen MR) is 103 cm³/mol. The standard InChI is InChI=1S/C20H30N4O2/c25-19-15-24(13-12-21-19)18-10-8-16(9-11-18)14-22-20(26)23-17-6-4-2-1-3-5-7-17/h8-11,17H,1-7,12-15H2,(H,21,25)(H2,22,23,26). The van der Waals surface area contributed by atoms with Crippen LogP contribution < -0.4 is 20.9 Å². The number of nitrogens with zero attached hydrogens (tertiary/aromatic N) is 1. The van der Waals surface area contributed by atoms with Crippen molar-refractivity contribution in [3.8, 4) is 0 Å². The molecule has 1 saturated carbocycles. The third-order valence-corrected chi connectivity index (χ3v) is 5.23. The van der Waals surface area contributed by atoms with Gasteiger partial charge in [0.15, 0.2) is 0 Å². The summed E-state index contributed by atoms with van der Waals surface area (Å²) in [6.45, 7) is 2.43. The summed E-state index contributed by atoms with van der Waals surface area (Å²) in [5.41, 5.74) is 2.10. The fraction of sp³-hybridized carbons (Fsp3) is 0.600. The van der Waals surface area contributed by atoms with Crippen molar-refractivity contribution in [2.24, 2.45) is 0 Å². The van der Waals surface area contributed by atoms with Crippen LogP contribution in [0.25, 0.3) is 0 Å². The van der Waals surface area contributed by atoms with Crippen LogP contribution in [0.4, 0.5) is 10.5 Å². The zero-order valence-corrected chi connectivity index (χ0v) is 15.4. The van der Waals surface area contributed by atoms with Crippen LogP contribution in [0.1, 0.15) is 50.5 Å². The highest BCUT2D eigenvalue weighted by Gasteiger charge is 2.16. The van der Waals surface area contributed by atoms with Crippen LogP contribution in [0.5, 0.6) is 0 Å². The second kappa shape index (κ2) is 9.46. The van der Waals surface area contributed by atoms with Crippen molar-refractivity contribution in [2.45, 2.75) is 57.5 Å². The molecule has 1 heterocycles. The van der Waals surface area contributed by atoms with E-state index < -0.39 is 0 Å². The third kappa shape index (κ3) is 5.64. The molecule has 1 aromatic rings. The first-order chi connectivity index (χ1) is 12.7. The lowest BCUT2D eigenvalue weighted by Gasteiger charge is -2.28. The molecule has 0 bridgehead atoms. The molecule has 6 heteroatoms. The lowest BCUT2D eigenvalue weighted by atomic mass is 9.97. The third-order valence-electron chi connectivity index (χ3n) is 5.23. The number of nitrogens with one attached hydrogen (secondary N) is 3. The van der Waals surface area contributed by atoms with E-state index in [1.807, 2.05) is 24.3 Å². The van der Waals surface area contributed by atoms with E-state index in [4.69, 9.17) is 0 Å². The van der Waals surface area contributed by atoms with E-state index >= 15 is 0 Å². The minimum Gasteiger partial charge on any atom is -0.360 e. The summed E-state index contributed by atoms with van der Waals surface area (Å²) in [6, 6.07) is 8.29. The van der Waals surface area contributed by atoms with Crippen LogP contribution in [0, 0.1) is 0 Å². The van der Waals surface area contributed by atoms with Crippen molar-refractivity contribution < 1.29 is 9.59 Å². The molecule has 1 aromatic carbocycles. The van der Waals surface area contributed by atoms with Gasteiger partial charge < -0.3 is 20.9 Å². The Balaban J connectivity index is 1.43. The lowest BCUT2D eigenvalue weighted by Crippen LogP contribution is -2.47. The monoisotopic (exact) mass is 358 g/mol. The average Bonchev–Trinajstić information content (AvgIpc) is 2.62. The zero-order chi connectivity index (χ0) is 18.2. The number of piperazine rings is 1. The summed E-state index contributed by atoms with van der Waals surface area (Å²) >= 11 is 0. The van der Waals surface area contributed by atoms with E-state index in [0.29, 0.717) is 25.7 Å². The summed E-state index contributed by atoms with van der Waals surface area (Å²) < 4.78 is 0. The van der Waals surface area contributed by atoms with Crippen LogP contribution in [-0.2, 0) is 11.3 Å².